The van der Waals surface area contributed by atoms with Crippen molar-refractivity contribution in [2.24, 2.45) is 0 Å². The molecule has 0 atom stereocenters. The summed E-state index contributed by atoms with van der Waals surface area (Å²) in [5.41, 5.74) is 1.43. The number of hydrogen-bond acceptors (Lipinski definition) is 5. The van der Waals surface area contributed by atoms with Crippen LogP contribution in [0, 0.1) is 6.92 Å². The number of aromatic amines is 1. The Morgan fingerprint density at radius 2 is 1.80 bits per heavy atom. The molecule has 0 spiro atoms. The molecule has 1 fully saturated rings. The Kier molecular flexibility index (Phi) is 19.5. The first-order valence-corrected chi connectivity index (χ1v) is 9.30. The fourth-order valence-electron chi connectivity index (χ4n) is 1.93. The minimum Gasteiger partial charge on any atom is -0.397 e. The monoisotopic (exact) mass is 358 g/mol. The highest BCUT2D eigenvalue weighted by Gasteiger charge is 2.18. The van der Waals surface area contributed by atoms with Crippen molar-refractivity contribution in [2.75, 3.05) is 32.9 Å². The van der Waals surface area contributed by atoms with Crippen molar-refractivity contribution in [3.63, 3.8) is 0 Å². The molecule has 0 unspecified atom stereocenters. The van der Waals surface area contributed by atoms with E-state index in [0.29, 0.717) is 5.69 Å². The minimum absolute atomic E-state index is 0.0723. The van der Waals surface area contributed by atoms with Crippen LogP contribution < -0.4 is 10.6 Å². The van der Waals surface area contributed by atoms with E-state index in [1.165, 1.54) is 0 Å². The average molecular weight is 359 g/mol. The van der Waals surface area contributed by atoms with E-state index in [0.717, 1.165) is 44.7 Å². The summed E-state index contributed by atoms with van der Waals surface area (Å²) in [7, 11) is 0. The highest BCUT2D eigenvalue weighted by molar-refractivity contribution is 5.93. The first-order valence-electron chi connectivity index (χ1n) is 9.30. The number of carbonyl (C=O) groups is 1. The van der Waals surface area contributed by atoms with E-state index in [1.807, 2.05) is 20.8 Å². The molecule has 2 heterocycles. The van der Waals surface area contributed by atoms with Gasteiger partial charge in [0.1, 0.15) is 5.69 Å². The zero-order valence-corrected chi connectivity index (χ0v) is 16.8. The molecule has 1 aromatic rings. The summed E-state index contributed by atoms with van der Waals surface area (Å²) in [5.74, 6) is -0.0723. The van der Waals surface area contributed by atoms with E-state index in [4.69, 9.17) is 9.84 Å². The second-order valence-electron chi connectivity index (χ2n) is 5.06. The Morgan fingerprint density at radius 3 is 2.16 bits per heavy atom. The summed E-state index contributed by atoms with van der Waals surface area (Å²) in [6.45, 7) is 15.6. The van der Waals surface area contributed by atoms with Gasteiger partial charge in [0.2, 0.25) is 0 Å². The van der Waals surface area contributed by atoms with Crippen LogP contribution in [0.2, 0.25) is 0 Å². The lowest BCUT2D eigenvalue weighted by molar-refractivity contribution is 0.0694. The van der Waals surface area contributed by atoms with Gasteiger partial charge in [-0.25, -0.2) is 0 Å². The molecule has 0 bridgehead atoms. The lowest BCUT2D eigenvalue weighted by atomic mass is 10.1. The van der Waals surface area contributed by atoms with Crippen LogP contribution in [0.15, 0.2) is 6.20 Å². The smallest absolute Gasteiger partial charge is 0.269 e. The molecule has 1 saturated heterocycles. The molecule has 0 radical (unpaired) electrons. The quantitative estimate of drug-likeness (QED) is 0.662. The molecule has 1 aromatic heterocycles. The highest BCUT2D eigenvalue weighted by Crippen LogP contribution is 2.08. The molecular weight excluding hydrogens is 320 g/mol. The summed E-state index contributed by atoms with van der Waals surface area (Å²) in [6, 6.07) is 0.231. The maximum absolute atomic E-state index is 11.8. The van der Waals surface area contributed by atoms with Gasteiger partial charge in [-0.15, -0.1) is 0 Å². The third kappa shape index (κ3) is 13.5. The summed E-state index contributed by atoms with van der Waals surface area (Å²) in [6.07, 6.45) is 3.43. The number of aromatic nitrogens is 2. The number of hydrogen-bond donors (Lipinski definition) is 4. The molecular formula is C18H38N4O3. The van der Waals surface area contributed by atoms with Gasteiger partial charge in [-0.2, -0.15) is 5.10 Å². The van der Waals surface area contributed by atoms with Gasteiger partial charge in [-0.3, -0.25) is 9.89 Å². The minimum atomic E-state index is -0.0723. The predicted octanol–water partition coefficient (Wildman–Crippen LogP) is 2.27. The van der Waals surface area contributed by atoms with E-state index in [2.05, 4.69) is 34.7 Å². The number of nitrogens with zero attached hydrogens (tertiary/aromatic N) is 1. The Balaban J connectivity index is 0. The fraction of sp³-hybridized carbons (Fsp3) is 0.778. The highest BCUT2D eigenvalue weighted by atomic mass is 16.5. The van der Waals surface area contributed by atoms with Crippen molar-refractivity contribution in [1.82, 2.24) is 20.8 Å². The SMILES string of the molecule is CC.CCNCC.CCO.Cc1cn[nH]c1C(=O)NC1CCOCC1. The maximum atomic E-state index is 11.8. The van der Waals surface area contributed by atoms with Gasteiger partial charge in [0.15, 0.2) is 0 Å². The Labute approximate surface area is 152 Å². The molecule has 0 saturated carbocycles. The third-order valence-electron chi connectivity index (χ3n) is 3.11. The zero-order valence-electron chi connectivity index (χ0n) is 16.8. The maximum Gasteiger partial charge on any atom is 0.269 e. The number of aliphatic hydroxyl groups excluding tert-OH is 1. The summed E-state index contributed by atoms with van der Waals surface area (Å²) < 4.78 is 5.22. The van der Waals surface area contributed by atoms with E-state index in [-0.39, 0.29) is 18.6 Å². The number of amides is 1. The van der Waals surface area contributed by atoms with Crippen molar-refractivity contribution in [1.29, 1.82) is 0 Å². The van der Waals surface area contributed by atoms with Crippen LogP contribution >= 0.6 is 0 Å². The molecule has 4 N–H and O–H groups in total. The second kappa shape index (κ2) is 18.9. The number of aliphatic hydroxyl groups is 1. The number of ether oxygens (including phenoxy) is 1. The molecule has 7 nitrogen and oxygen atoms in total. The average Bonchev–Trinajstić information content (AvgIpc) is 3.06. The molecule has 1 aliphatic heterocycles. The number of H-pyrrole nitrogens is 1. The van der Waals surface area contributed by atoms with Gasteiger partial charge in [0.05, 0.1) is 6.20 Å². The fourth-order valence-corrected chi connectivity index (χ4v) is 1.93. The number of carbonyl (C=O) groups excluding carboxylic acids is 1. The lowest BCUT2D eigenvalue weighted by Gasteiger charge is -2.22. The Hall–Kier alpha value is -1.44. The van der Waals surface area contributed by atoms with Crippen molar-refractivity contribution < 1.29 is 14.6 Å². The Morgan fingerprint density at radius 1 is 1.28 bits per heavy atom. The van der Waals surface area contributed by atoms with Gasteiger partial charge >= 0.3 is 0 Å². The van der Waals surface area contributed by atoms with Gasteiger partial charge in [-0.05, 0) is 45.3 Å². The summed E-state index contributed by atoms with van der Waals surface area (Å²) in [5, 5.41) is 20.2. The first-order chi connectivity index (χ1) is 12.1. The van der Waals surface area contributed by atoms with Crippen LogP contribution in [0.1, 0.15) is 63.5 Å². The molecule has 7 heteroatoms. The molecule has 2 rings (SSSR count). The van der Waals surface area contributed by atoms with Gasteiger partial charge < -0.3 is 20.5 Å². The van der Waals surface area contributed by atoms with Crippen molar-refractivity contribution in [2.45, 2.75) is 60.4 Å². The lowest BCUT2D eigenvalue weighted by Crippen LogP contribution is -2.39. The van der Waals surface area contributed by atoms with Crippen molar-refractivity contribution in [3.8, 4) is 0 Å². The molecule has 25 heavy (non-hydrogen) atoms. The van der Waals surface area contributed by atoms with Crippen LogP contribution in [-0.2, 0) is 4.74 Å². The van der Waals surface area contributed by atoms with E-state index >= 15 is 0 Å². The van der Waals surface area contributed by atoms with Gasteiger partial charge in [0.25, 0.3) is 5.91 Å². The van der Waals surface area contributed by atoms with Gasteiger partial charge in [0, 0.05) is 25.9 Å². The molecule has 0 aliphatic carbocycles. The third-order valence-corrected chi connectivity index (χ3v) is 3.11. The number of aryl methyl sites for hydroxylation is 1. The normalized spacial score (nSPS) is 13.2. The number of rotatable bonds is 4. The molecule has 0 aromatic carbocycles. The van der Waals surface area contributed by atoms with Crippen LogP contribution in [0.3, 0.4) is 0 Å². The van der Waals surface area contributed by atoms with E-state index < -0.39 is 0 Å². The largest absolute Gasteiger partial charge is 0.397 e. The zero-order chi connectivity index (χ0) is 19.5. The summed E-state index contributed by atoms with van der Waals surface area (Å²) >= 11 is 0. The second-order valence-corrected chi connectivity index (χ2v) is 5.06. The van der Waals surface area contributed by atoms with Crippen LogP contribution in [0.25, 0.3) is 0 Å². The van der Waals surface area contributed by atoms with Crippen LogP contribution in [-0.4, -0.2) is 60.2 Å². The van der Waals surface area contributed by atoms with Gasteiger partial charge in [-0.1, -0.05) is 27.7 Å². The van der Waals surface area contributed by atoms with Crippen molar-refractivity contribution in [3.05, 3.63) is 17.5 Å². The first kappa shape index (κ1) is 25.8. The summed E-state index contributed by atoms with van der Waals surface area (Å²) in [4.78, 5) is 11.8. The van der Waals surface area contributed by atoms with E-state index in [9.17, 15) is 4.79 Å². The molecule has 1 amide bonds. The molecule has 148 valence electrons. The number of nitrogens with one attached hydrogen (secondary N) is 3. The standard InChI is InChI=1S/C10H15N3O2.C4H11N.C2H6O.C2H6/c1-7-6-11-13-9(7)10(14)12-8-2-4-15-5-3-8;1-3-5-4-2;1-2-3;1-2/h6,8H,2-5H2,1H3,(H,11,13)(H,12,14);5H,3-4H2,1-2H3;3H,2H2,1H3;1-2H3. The van der Waals surface area contributed by atoms with Crippen molar-refractivity contribution >= 4 is 5.91 Å². The van der Waals surface area contributed by atoms with Crippen LogP contribution in [0.5, 0.6) is 0 Å². The topological polar surface area (TPSA) is 99.3 Å². The Bertz CT molecular complexity index is 403. The van der Waals surface area contributed by atoms with E-state index in [1.54, 1.807) is 13.1 Å². The predicted molar refractivity (Wildman–Crippen MR) is 103 cm³/mol. The van der Waals surface area contributed by atoms with Crippen LogP contribution in [0.4, 0.5) is 0 Å². The molecule has 1 aliphatic rings.